The van der Waals surface area contributed by atoms with E-state index >= 15 is 0 Å². The number of amides is 1. The Labute approximate surface area is 134 Å². The maximum absolute atomic E-state index is 13.7. The van der Waals surface area contributed by atoms with Crippen LogP contribution in [0.5, 0.6) is 0 Å². The zero-order valence-electron chi connectivity index (χ0n) is 13.2. The third-order valence-electron chi connectivity index (χ3n) is 4.67. The number of pyridine rings is 1. The first-order chi connectivity index (χ1) is 11.1. The van der Waals surface area contributed by atoms with Gasteiger partial charge in [-0.05, 0) is 44.0 Å². The summed E-state index contributed by atoms with van der Waals surface area (Å²) in [6.07, 6.45) is 2.25. The fraction of sp³-hybridized carbons (Fsp3) is 0.444. The molecule has 2 heterocycles. The van der Waals surface area contributed by atoms with Gasteiger partial charge in [-0.2, -0.15) is 0 Å². The average Bonchev–Trinajstić information content (AvgIpc) is 3.38. The molecule has 23 heavy (non-hydrogen) atoms. The number of nitrogens with one attached hydrogen (secondary N) is 1. The predicted octanol–water partition coefficient (Wildman–Crippen LogP) is 2.69. The molecule has 1 aliphatic carbocycles. The molecule has 2 aliphatic rings. The number of benzene rings is 1. The van der Waals surface area contributed by atoms with E-state index in [-0.39, 0.29) is 17.8 Å². The number of fused-ring (bicyclic) bond motifs is 1. The smallest absolute Gasteiger partial charge is 0.254 e. The molecule has 0 radical (unpaired) electrons. The monoisotopic (exact) mass is 313 g/mol. The van der Waals surface area contributed by atoms with Crippen molar-refractivity contribution in [3.05, 3.63) is 41.3 Å². The molecule has 0 bridgehead atoms. The van der Waals surface area contributed by atoms with Crippen LogP contribution in [0.1, 0.15) is 41.7 Å². The van der Waals surface area contributed by atoms with Crippen LogP contribution in [0.25, 0.3) is 10.9 Å². The molecule has 0 spiro atoms. The van der Waals surface area contributed by atoms with Crippen LogP contribution in [-0.2, 0) is 0 Å². The van der Waals surface area contributed by atoms with Gasteiger partial charge in [0.05, 0.1) is 11.1 Å². The summed E-state index contributed by atoms with van der Waals surface area (Å²) in [6.45, 7) is 4.22. The Kier molecular flexibility index (Phi) is 3.53. The normalized spacial score (nSPS) is 21.7. The Morgan fingerprint density at radius 3 is 2.91 bits per heavy atom. The molecule has 1 amide bonds. The van der Waals surface area contributed by atoms with Gasteiger partial charge >= 0.3 is 0 Å². The summed E-state index contributed by atoms with van der Waals surface area (Å²) in [6, 6.07) is 6.67. The van der Waals surface area contributed by atoms with Crippen LogP contribution in [0.3, 0.4) is 0 Å². The molecule has 1 aromatic heterocycles. The summed E-state index contributed by atoms with van der Waals surface area (Å²) in [5.41, 5.74) is 2.27. The van der Waals surface area contributed by atoms with Crippen LogP contribution in [-0.4, -0.2) is 41.5 Å². The number of carbonyl (C=O) groups excluding carboxylic acids is 1. The lowest BCUT2D eigenvalue weighted by molar-refractivity contribution is 0.0711. The molecule has 0 unspecified atom stereocenters. The van der Waals surface area contributed by atoms with E-state index in [1.165, 1.54) is 12.1 Å². The van der Waals surface area contributed by atoms with E-state index in [9.17, 15) is 9.18 Å². The molecule has 4 rings (SSSR count). The van der Waals surface area contributed by atoms with Crippen LogP contribution >= 0.6 is 0 Å². The molecule has 120 valence electrons. The third-order valence-corrected chi connectivity index (χ3v) is 4.67. The van der Waals surface area contributed by atoms with Crippen LogP contribution in [0.4, 0.5) is 4.39 Å². The number of rotatable bonds is 2. The topological polar surface area (TPSA) is 45.2 Å². The van der Waals surface area contributed by atoms with Gasteiger partial charge in [0.25, 0.3) is 5.91 Å². The molecule has 1 N–H and O–H groups in total. The quantitative estimate of drug-likeness (QED) is 0.927. The van der Waals surface area contributed by atoms with Crippen LogP contribution in [0, 0.1) is 5.82 Å². The predicted molar refractivity (Wildman–Crippen MR) is 87.0 cm³/mol. The molecule has 2 fully saturated rings. The number of carbonyl (C=O) groups is 1. The number of hydrogen-bond donors (Lipinski definition) is 1. The summed E-state index contributed by atoms with van der Waals surface area (Å²) in [4.78, 5) is 19.5. The molecule has 1 atom stereocenters. The number of piperazine rings is 1. The van der Waals surface area contributed by atoms with Crippen molar-refractivity contribution < 1.29 is 9.18 Å². The summed E-state index contributed by atoms with van der Waals surface area (Å²) in [5, 5.41) is 3.95. The average molecular weight is 313 g/mol. The van der Waals surface area contributed by atoms with E-state index in [0.29, 0.717) is 35.5 Å². The van der Waals surface area contributed by atoms with E-state index in [0.717, 1.165) is 25.1 Å². The molecule has 1 aliphatic heterocycles. The zero-order chi connectivity index (χ0) is 16.0. The molecule has 2 aromatic rings. The van der Waals surface area contributed by atoms with E-state index in [1.807, 2.05) is 11.0 Å². The van der Waals surface area contributed by atoms with E-state index in [2.05, 4.69) is 17.2 Å². The highest BCUT2D eigenvalue weighted by Crippen LogP contribution is 2.40. The van der Waals surface area contributed by atoms with Crippen molar-refractivity contribution in [1.29, 1.82) is 0 Å². The Morgan fingerprint density at radius 2 is 2.17 bits per heavy atom. The number of hydrogen-bond acceptors (Lipinski definition) is 3. The van der Waals surface area contributed by atoms with Gasteiger partial charge in [0, 0.05) is 42.7 Å². The zero-order valence-corrected chi connectivity index (χ0v) is 13.2. The highest BCUT2D eigenvalue weighted by atomic mass is 19.1. The minimum Gasteiger partial charge on any atom is -0.336 e. The van der Waals surface area contributed by atoms with Gasteiger partial charge in [0.2, 0.25) is 0 Å². The molecule has 5 heteroatoms. The minimum atomic E-state index is -0.332. The summed E-state index contributed by atoms with van der Waals surface area (Å²) < 4.78 is 13.7. The highest BCUT2D eigenvalue weighted by molar-refractivity contribution is 6.06. The Hall–Kier alpha value is -2.01. The van der Waals surface area contributed by atoms with Gasteiger partial charge in [0.15, 0.2) is 0 Å². The molecule has 1 saturated carbocycles. The lowest BCUT2D eigenvalue weighted by Gasteiger charge is -2.32. The Morgan fingerprint density at radius 1 is 1.35 bits per heavy atom. The van der Waals surface area contributed by atoms with Crippen molar-refractivity contribution in [2.24, 2.45) is 0 Å². The van der Waals surface area contributed by atoms with Crippen LogP contribution < -0.4 is 5.32 Å². The second-order valence-corrected chi connectivity index (χ2v) is 6.64. The third kappa shape index (κ3) is 2.81. The highest BCUT2D eigenvalue weighted by Gasteiger charge is 2.29. The largest absolute Gasteiger partial charge is 0.336 e. The summed E-state index contributed by atoms with van der Waals surface area (Å²) in [7, 11) is 0. The van der Waals surface area contributed by atoms with Crippen LogP contribution in [0.2, 0.25) is 0 Å². The summed E-state index contributed by atoms with van der Waals surface area (Å²) in [5.74, 6) is 0.109. The standard InChI is InChI=1S/C18H20FN3O/c1-11-10-22(7-6-20-11)18(23)15-9-17(12-2-3-12)21-16-5-4-13(19)8-14(15)16/h4-5,8-9,11-12,20H,2-3,6-7,10H2,1H3/t11-/m0/s1. The van der Waals surface area contributed by atoms with Gasteiger partial charge in [-0.25, -0.2) is 4.39 Å². The van der Waals surface area contributed by atoms with E-state index in [1.54, 1.807) is 6.07 Å². The Balaban J connectivity index is 1.80. The second-order valence-electron chi connectivity index (χ2n) is 6.64. The van der Waals surface area contributed by atoms with Gasteiger partial charge < -0.3 is 10.2 Å². The lowest BCUT2D eigenvalue weighted by atomic mass is 10.0. The maximum Gasteiger partial charge on any atom is 0.254 e. The fourth-order valence-electron chi connectivity index (χ4n) is 3.27. The van der Waals surface area contributed by atoms with E-state index in [4.69, 9.17) is 0 Å². The SMILES string of the molecule is C[C@H]1CN(C(=O)c2cc(C3CC3)nc3ccc(F)cc23)CCN1. The maximum atomic E-state index is 13.7. The number of halogens is 1. The molecular formula is C18H20FN3O. The lowest BCUT2D eigenvalue weighted by Crippen LogP contribution is -2.51. The van der Waals surface area contributed by atoms with E-state index < -0.39 is 0 Å². The van der Waals surface area contributed by atoms with Crippen molar-refractivity contribution in [2.75, 3.05) is 19.6 Å². The fourth-order valence-corrected chi connectivity index (χ4v) is 3.27. The molecule has 1 saturated heterocycles. The summed E-state index contributed by atoms with van der Waals surface area (Å²) >= 11 is 0. The number of nitrogens with zero attached hydrogens (tertiary/aromatic N) is 2. The van der Waals surface area contributed by atoms with Crippen LogP contribution in [0.15, 0.2) is 24.3 Å². The van der Waals surface area contributed by atoms with Gasteiger partial charge in [-0.1, -0.05) is 0 Å². The molecule has 4 nitrogen and oxygen atoms in total. The number of aromatic nitrogens is 1. The minimum absolute atomic E-state index is 0.0155. The van der Waals surface area contributed by atoms with Gasteiger partial charge in [-0.3, -0.25) is 9.78 Å². The first kappa shape index (κ1) is 14.6. The van der Waals surface area contributed by atoms with Crippen molar-refractivity contribution in [3.63, 3.8) is 0 Å². The van der Waals surface area contributed by atoms with Crippen molar-refractivity contribution in [3.8, 4) is 0 Å². The van der Waals surface area contributed by atoms with Crippen molar-refractivity contribution in [2.45, 2.75) is 31.7 Å². The van der Waals surface area contributed by atoms with Crippen molar-refractivity contribution >= 4 is 16.8 Å². The first-order valence-electron chi connectivity index (χ1n) is 8.24. The molecule has 1 aromatic carbocycles. The Bertz CT molecular complexity index is 772. The first-order valence-corrected chi connectivity index (χ1v) is 8.24. The van der Waals surface area contributed by atoms with Crippen molar-refractivity contribution in [1.82, 2.24) is 15.2 Å². The van der Waals surface area contributed by atoms with Gasteiger partial charge in [0.1, 0.15) is 5.82 Å². The van der Waals surface area contributed by atoms with Gasteiger partial charge in [-0.15, -0.1) is 0 Å². The second kappa shape index (κ2) is 5.57. The molecular weight excluding hydrogens is 293 g/mol.